The third-order valence-corrected chi connectivity index (χ3v) is 3.09. The van der Waals surface area contributed by atoms with Crippen molar-refractivity contribution in [2.75, 3.05) is 0 Å². The molecule has 0 N–H and O–H groups in total. The number of halogens is 3. The molecule has 0 aromatic heterocycles. The molecule has 0 saturated heterocycles. The fourth-order valence-electron chi connectivity index (χ4n) is 2.02. The molecule has 0 radical (unpaired) electrons. The first-order valence-corrected chi connectivity index (χ1v) is 5.07. The predicted molar refractivity (Wildman–Crippen MR) is 52.7 cm³/mol. The summed E-state index contributed by atoms with van der Waals surface area (Å²) in [6.07, 6.45) is -3.76. The van der Waals surface area contributed by atoms with Gasteiger partial charge in [-0.3, -0.25) is 0 Å². The topological polar surface area (TPSA) is 23.8 Å². The Kier molecular flexibility index (Phi) is 2.63. The van der Waals surface area contributed by atoms with Gasteiger partial charge in [0.2, 0.25) is 0 Å². The molecule has 0 bridgehead atoms. The Hall–Kier alpha value is -1.50. The molecule has 16 heavy (non-hydrogen) atoms. The van der Waals surface area contributed by atoms with Crippen molar-refractivity contribution in [3.8, 4) is 6.07 Å². The first kappa shape index (κ1) is 11.0. The minimum absolute atomic E-state index is 0.0417. The molecular formula is C12H10F3N. The average molecular weight is 225 g/mol. The van der Waals surface area contributed by atoms with Gasteiger partial charge in [0, 0.05) is 0 Å². The van der Waals surface area contributed by atoms with Crippen LogP contribution in [-0.2, 0) is 0 Å². The van der Waals surface area contributed by atoms with Crippen molar-refractivity contribution in [2.45, 2.75) is 24.9 Å². The van der Waals surface area contributed by atoms with Crippen LogP contribution in [0.5, 0.6) is 0 Å². The van der Waals surface area contributed by atoms with E-state index in [1.807, 2.05) is 6.07 Å². The second kappa shape index (κ2) is 3.82. The van der Waals surface area contributed by atoms with Crippen molar-refractivity contribution in [3.63, 3.8) is 0 Å². The van der Waals surface area contributed by atoms with Crippen molar-refractivity contribution < 1.29 is 13.2 Å². The van der Waals surface area contributed by atoms with Crippen LogP contribution < -0.4 is 0 Å². The summed E-state index contributed by atoms with van der Waals surface area (Å²) in [5, 5.41) is 8.69. The number of hydrogen-bond acceptors (Lipinski definition) is 1. The lowest BCUT2D eigenvalue weighted by Crippen LogP contribution is -2.34. The first-order valence-electron chi connectivity index (χ1n) is 5.07. The summed E-state index contributed by atoms with van der Waals surface area (Å²) in [7, 11) is 0. The Labute approximate surface area is 91.5 Å². The molecule has 1 aromatic rings. The molecule has 4 heteroatoms. The molecule has 1 fully saturated rings. The van der Waals surface area contributed by atoms with Crippen LogP contribution in [0.4, 0.5) is 13.2 Å². The fourth-order valence-corrected chi connectivity index (χ4v) is 2.02. The summed E-state index contributed by atoms with van der Waals surface area (Å²) in [5.74, 6) is -1.21. The standard InChI is InChI=1S/C12H10F3N/c13-12(14,15)11-5-10(6-11)9-3-1-2-8(4-9)7-16/h1-4,10-11H,5-6H2. The van der Waals surface area contributed by atoms with Gasteiger partial charge in [0.05, 0.1) is 17.6 Å². The van der Waals surface area contributed by atoms with E-state index >= 15 is 0 Å². The maximum absolute atomic E-state index is 12.3. The Balaban J connectivity index is 2.05. The second-order valence-corrected chi connectivity index (χ2v) is 4.14. The smallest absolute Gasteiger partial charge is 0.192 e. The largest absolute Gasteiger partial charge is 0.391 e. The molecule has 1 aliphatic rings. The number of nitrogens with zero attached hydrogens (tertiary/aromatic N) is 1. The average Bonchev–Trinajstić information content (AvgIpc) is 2.13. The van der Waals surface area contributed by atoms with E-state index in [9.17, 15) is 13.2 Å². The molecular weight excluding hydrogens is 215 g/mol. The molecule has 0 amide bonds. The lowest BCUT2D eigenvalue weighted by molar-refractivity contribution is -0.197. The zero-order valence-electron chi connectivity index (χ0n) is 8.46. The van der Waals surface area contributed by atoms with Crippen LogP contribution in [0.25, 0.3) is 0 Å². The van der Waals surface area contributed by atoms with Crippen LogP contribution in [0.1, 0.15) is 29.9 Å². The van der Waals surface area contributed by atoms with Crippen molar-refractivity contribution in [1.82, 2.24) is 0 Å². The van der Waals surface area contributed by atoms with Crippen molar-refractivity contribution in [3.05, 3.63) is 35.4 Å². The van der Waals surface area contributed by atoms with Crippen molar-refractivity contribution >= 4 is 0 Å². The summed E-state index contributed by atoms with van der Waals surface area (Å²) < 4.78 is 36.8. The number of alkyl halides is 3. The molecule has 1 saturated carbocycles. The Morgan fingerprint density at radius 1 is 1.25 bits per heavy atom. The maximum Gasteiger partial charge on any atom is 0.391 e. The summed E-state index contributed by atoms with van der Waals surface area (Å²) in [6, 6.07) is 8.83. The van der Waals surface area contributed by atoms with Gasteiger partial charge in [-0.15, -0.1) is 0 Å². The molecule has 0 aliphatic heterocycles. The Morgan fingerprint density at radius 2 is 1.94 bits per heavy atom. The Bertz CT molecular complexity index is 425. The molecule has 2 rings (SSSR count). The molecule has 1 nitrogen and oxygen atoms in total. The number of benzene rings is 1. The normalized spacial score (nSPS) is 24.6. The monoisotopic (exact) mass is 225 g/mol. The van der Waals surface area contributed by atoms with Gasteiger partial charge in [-0.05, 0) is 36.5 Å². The predicted octanol–water partition coefficient (Wildman–Crippen LogP) is 3.61. The van der Waals surface area contributed by atoms with E-state index in [1.165, 1.54) is 0 Å². The molecule has 84 valence electrons. The molecule has 0 unspecified atom stereocenters. The van der Waals surface area contributed by atoms with Crippen LogP contribution in [-0.4, -0.2) is 6.18 Å². The first-order chi connectivity index (χ1) is 7.50. The van der Waals surface area contributed by atoms with Gasteiger partial charge >= 0.3 is 6.18 Å². The van der Waals surface area contributed by atoms with E-state index in [0.717, 1.165) is 5.56 Å². The van der Waals surface area contributed by atoms with Gasteiger partial charge in [0.15, 0.2) is 0 Å². The Morgan fingerprint density at radius 3 is 2.50 bits per heavy atom. The minimum Gasteiger partial charge on any atom is -0.192 e. The third-order valence-electron chi connectivity index (χ3n) is 3.09. The van der Waals surface area contributed by atoms with Gasteiger partial charge in [0.25, 0.3) is 0 Å². The minimum atomic E-state index is -4.07. The quantitative estimate of drug-likeness (QED) is 0.716. The molecule has 0 heterocycles. The van der Waals surface area contributed by atoms with Gasteiger partial charge in [0.1, 0.15) is 0 Å². The third kappa shape index (κ3) is 2.04. The van der Waals surface area contributed by atoms with Gasteiger partial charge in [-0.2, -0.15) is 18.4 Å². The maximum atomic E-state index is 12.3. The van der Waals surface area contributed by atoms with E-state index < -0.39 is 12.1 Å². The van der Waals surface area contributed by atoms with Crippen LogP contribution in [0.3, 0.4) is 0 Å². The number of hydrogen-bond donors (Lipinski definition) is 0. The summed E-state index contributed by atoms with van der Waals surface area (Å²) in [5.41, 5.74) is 1.35. The van der Waals surface area contributed by atoms with Gasteiger partial charge < -0.3 is 0 Å². The SMILES string of the molecule is N#Cc1cccc(C2CC(C(F)(F)F)C2)c1. The highest BCUT2D eigenvalue weighted by Gasteiger charge is 2.48. The number of nitriles is 1. The highest BCUT2D eigenvalue weighted by Crippen LogP contribution is 2.49. The summed E-state index contributed by atoms with van der Waals surface area (Å²) in [6.45, 7) is 0. The molecule has 1 aromatic carbocycles. The molecule has 0 atom stereocenters. The summed E-state index contributed by atoms with van der Waals surface area (Å²) in [4.78, 5) is 0. The van der Waals surface area contributed by atoms with E-state index in [1.54, 1.807) is 24.3 Å². The van der Waals surface area contributed by atoms with Crippen LogP contribution in [0.15, 0.2) is 24.3 Å². The van der Waals surface area contributed by atoms with Gasteiger partial charge in [-0.1, -0.05) is 12.1 Å². The van der Waals surface area contributed by atoms with Crippen LogP contribution in [0, 0.1) is 17.2 Å². The highest BCUT2D eigenvalue weighted by molar-refractivity contribution is 5.35. The van der Waals surface area contributed by atoms with E-state index in [-0.39, 0.29) is 18.8 Å². The molecule has 1 aliphatic carbocycles. The highest BCUT2D eigenvalue weighted by atomic mass is 19.4. The van der Waals surface area contributed by atoms with Crippen molar-refractivity contribution in [1.29, 1.82) is 5.26 Å². The zero-order chi connectivity index (χ0) is 11.8. The lowest BCUT2D eigenvalue weighted by Gasteiger charge is -2.36. The fraction of sp³-hybridized carbons (Fsp3) is 0.417. The summed E-state index contributed by atoms with van der Waals surface area (Å²) >= 11 is 0. The zero-order valence-corrected chi connectivity index (χ0v) is 8.46. The van der Waals surface area contributed by atoms with Gasteiger partial charge in [-0.25, -0.2) is 0 Å². The second-order valence-electron chi connectivity index (χ2n) is 4.14. The molecule has 0 spiro atoms. The van der Waals surface area contributed by atoms with E-state index in [0.29, 0.717) is 5.56 Å². The lowest BCUT2D eigenvalue weighted by atomic mass is 9.71. The van der Waals surface area contributed by atoms with E-state index in [2.05, 4.69) is 0 Å². The number of rotatable bonds is 1. The van der Waals surface area contributed by atoms with Crippen molar-refractivity contribution in [2.24, 2.45) is 5.92 Å². The van der Waals surface area contributed by atoms with Crippen LogP contribution in [0.2, 0.25) is 0 Å². The van der Waals surface area contributed by atoms with Crippen LogP contribution >= 0.6 is 0 Å². The van der Waals surface area contributed by atoms with E-state index in [4.69, 9.17) is 5.26 Å².